The SMILES string of the molecule is Cc1ccc(F)cc1-n1ccnc1-c1nccn1C. The Kier molecular flexibility index (Phi) is 2.67. The molecule has 4 nitrogen and oxygen atoms in total. The lowest BCUT2D eigenvalue weighted by Gasteiger charge is -2.10. The molecule has 3 aromatic rings. The van der Waals surface area contributed by atoms with Gasteiger partial charge in [0.1, 0.15) is 5.82 Å². The molecule has 0 saturated heterocycles. The molecule has 3 rings (SSSR count). The minimum absolute atomic E-state index is 0.264. The van der Waals surface area contributed by atoms with Gasteiger partial charge >= 0.3 is 0 Å². The van der Waals surface area contributed by atoms with E-state index in [0.717, 1.165) is 17.1 Å². The highest BCUT2D eigenvalue weighted by Crippen LogP contribution is 2.22. The number of rotatable bonds is 2. The minimum Gasteiger partial charge on any atom is -0.331 e. The molecule has 5 heteroatoms. The van der Waals surface area contributed by atoms with Gasteiger partial charge in [-0.15, -0.1) is 0 Å². The Morgan fingerprint density at radius 1 is 1.05 bits per heavy atom. The molecule has 2 heterocycles. The standard InChI is InChI=1S/C14H13FN4/c1-10-3-4-11(15)9-12(10)19-8-6-17-14(19)13-16-5-7-18(13)2/h3-9H,1-2H3. The maximum absolute atomic E-state index is 13.4. The summed E-state index contributed by atoms with van der Waals surface area (Å²) in [5.41, 5.74) is 1.75. The Balaban J connectivity index is 2.20. The number of nitrogens with zero attached hydrogens (tertiary/aromatic N) is 4. The Morgan fingerprint density at radius 2 is 1.79 bits per heavy atom. The molecule has 96 valence electrons. The molecule has 1 aromatic carbocycles. The fourth-order valence-corrected chi connectivity index (χ4v) is 2.09. The van der Waals surface area contributed by atoms with E-state index in [4.69, 9.17) is 0 Å². The number of hydrogen-bond acceptors (Lipinski definition) is 2. The zero-order chi connectivity index (χ0) is 13.4. The summed E-state index contributed by atoms with van der Waals surface area (Å²) in [5, 5.41) is 0. The van der Waals surface area contributed by atoms with Crippen molar-refractivity contribution >= 4 is 0 Å². The topological polar surface area (TPSA) is 35.6 Å². The van der Waals surface area contributed by atoms with Gasteiger partial charge in [0.15, 0.2) is 11.6 Å². The zero-order valence-electron chi connectivity index (χ0n) is 10.7. The molecule has 0 bridgehead atoms. The Hall–Kier alpha value is -2.43. The molecule has 0 atom stereocenters. The quantitative estimate of drug-likeness (QED) is 0.706. The van der Waals surface area contributed by atoms with E-state index in [1.807, 2.05) is 35.5 Å². The van der Waals surface area contributed by atoms with Crippen molar-refractivity contribution in [2.75, 3.05) is 0 Å². The maximum atomic E-state index is 13.4. The largest absolute Gasteiger partial charge is 0.331 e. The highest BCUT2D eigenvalue weighted by molar-refractivity contribution is 5.53. The highest BCUT2D eigenvalue weighted by atomic mass is 19.1. The van der Waals surface area contributed by atoms with E-state index in [-0.39, 0.29) is 5.82 Å². The number of halogens is 1. The Morgan fingerprint density at radius 3 is 2.53 bits per heavy atom. The molecular weight excluding hydrogens is 243 g/mol. The van der Waals surface area contributed by atoms with Crippen molar-refractivity contribution < 1.29 is 4.39 Å². The Labute approximate surface area is 110 Å². The van der Waals surface area contributed by atoms with Crippen LogP contribution in [0.2, 0.25) is 0 Å². The number of imidazole rings is 2. The van der Waals surface area contributed by atoms with Crippen LogP contribution in [0.4, 0.5) is 4.39 Å². The summed E-state index contributed by atoms with van der Waals surface area (Å²) >= 11 is 0. The van der Waals surface area contributed by atoms with Gasteiger partial charge in [0, 0.05) is 31.8 Å². The lowest BCUT2D eigenvalue weighted by atomic mass is 10.2. The van der Waals surface area contributed by atoms with Gasteiger partial charge in [-0.3, -0.25) is 4.57 Å². The van der Waals surface area contributed by atoms with Crippen molar-refractivity contribution in [3.05, 3.63) is 54.4 Å². The van der Waals surface area contributed by atoms with Crippen LogP contribution >= 0.6 is 0 Å². The summed E-state index contributed by atoms with van der Waals surface area (Å²) in [7, 11) is 1.90. The Bertz CT molecular complexity index is 727. The first-order chi connectivity index (χ1) is 9.16. The average molecular weight is 256 g/mol. The molecule has 0 N–H and O–H groups in total. The number of aromatic nitrogens is 4. The second-order valence-corrected chi connectivity index (χ2v) is 4.41. The predicted octanol–water partition coefficient (Wildman–Crippen LogP) is 2.72. The van der Waals surface area contributed by atoms with Crippen LogP contribution in [-0.4, -0.2) is 19.1 Å². The molecular formula is C14H13FN4. The van der Waals surface area contributed by atoms with Crippen LogP contribution in [0, 0.1) is 12.7 Å². The van der Waals surface area contributed by atoms with Gasteiger partial charge in [-0.1, -0.05) is 6.07 Å². The van der Waals surface area contributed by atoms with E-state index in [2.05, 4.69) is 9.97 Å². The van der Waals surface area contributed by atoms with Gasteiger partial charge in [0.05, 0.1) is 5.69 Å². The number of benzene rings is 1. The highest BCUT2D eigenvalue weighted by Gasteiger charge is 2.13. The average Bonchev–Trinajstić information content (AvgIpc) is 3.00. The van der Waals surface area contributed by atoms with E-state index < -0.39 is 0 Å². The molecule has 0 aliphatic heterocycles. The van der Waals surface area contributed by atoms with Crippen LogP contribution in [0.1, 0.15) is 5.56 Å². The van der Waals surface area contributed by atoms with Gasteiger partial charge in [0.25, 0.3) is 0 Å². The molecule has 0 aliphatic carbocycles. The normalized spacial score (nSPS) is 10.9. The lowest BCUT2D eigenvalue weighted by molar-refractivity contribution is 0.626. The monoisotopic (exact) mass is 256 g/mol. The van der Waals surface area contributed by atoms with Crippen molar-refractivity contribution in [1.82, 2.24) is 19.1 Å². The van der Waals surface area contributed by atoms with Gasteiger partial charge in [0.2, 0.25) is 0 Å². The molecule has 0 aliphatic rings. The zero-order valence-corrected chi connectivity index (χ0v) is 10.7. The molecule has 2 aromatic heterocycles. The van der Waals surface area contributed by atoms with Crippen LogP contribution in [-0.2, 0) is 7.05 Å². The molecule has 0 saturated carbocycles. The molecule has 0 radical (unpaired) electrons. The molecule has 0 fully saturated rings. The first kappa shape index (κ1) is 11.6. The van der Waals surface area contributed by atoms with Crippen LogP contribution in [0.15, 0.2) is 43.0 Å². The third-order valence-corrected chi connectivity index (χ3v) is 3.09. The van der Waals surface area contributed by atoms with Gasteiger partial charge in [-0.25, -0.2) is 14.4 Å². The van der Waals surface area contributed by atoms with Crippen LogP contribution in [0.5, 0.6) is 0 Å². The fourth-order valence-electron chi connectivity index (χ4n) is 2.09. The van der Waals surface area contributed by atoms with Gasteiger partial charge < -0.3 is 4.57 Å². The summed E-state index contributed by atoms with van der Waals surface area (Å²) in [6, 6.07) is 4.71. The van der Waals surface area contributed by atoms with E-state index in [0.29, 0.717) is 5.82 Å². The number of hydrogen-bond donors (Lipinski definition) is 0. The second-order valence-electron chi connectivity index (χ2n) is 4.41. The molecule has 0 amide bonds. The maximum Gasteiger partial charge on any atom is 0.181 e. The second kappa shape index (κ2) is 4.35. The molecule has 19 heavy (non-hydrogen) atoms. The van der Waals surface area contributed by atoms with Crippen LogP contribution < -0.4 is 0 Å². The third kappa shape index (κ3) is 1.93. The van der Waals surface area contributed by atoms with Crippen LogP contribution in [0.3, 0.4) is 0 Å². The van der Waals surface area contributed by atoms with Crippen molar-refractivity contribution in [3.63, 3.8) is 0 Å². The summed E-state index contributed by atoms with van der Waals surface area (Å²) in [4.78, 5) is 8.61. The minimum atomic E-state index is -0.264. The number of aryl methyl sites for hydroxylation is 2. The van der Waals surface area contributed by atoms with Crippen LogP contribution in [0.25, 0.3) is 17.3 Å². The summed E-state index contributed by atoms with van der Waals surface area (Å²) in [5.74, 6) is 1.18. The predicted molar refractivity (Wildman–Crippen MR) is 70.5 cm³/mol. The van der Waals surface area contributed by atoms with Crippen molar-refractivity contribution in [1.29, 1.82) is 0 Å². The van der Waals surface area contributed by atoms with Gasteiger partial charge in [-0.2, -0.15) is 0 Å². The van der Waals surface area contributed by atoms with E-state index in [1.54, 1.807) is 18.5 Å². The van der Waals surface area contributed by atoms with E-state index in [1.165, 1.54) is 12.1 Å². The summed E-state index contributed by atoms with van der Waals surface area (Å²) < 4.78 is 17.2. The fraction of sp³-hybridized carbons (Fsp3) is 0.143. The third-order valence-electron chi connectivity index (χ3n) is 3.09. The van der Waals surface area contributed by atoms with E-state index in [9.17, 15) is 4.39 Å². The van der Waals surface area contributed by atoms with Gasteiger partial charge in [-0.05, 0) is 24.6 Å². The van der Waals surface area contributed by atoms with Crippen molar-refractivity contribution in [2.45, 2.75) is 6.92 Å². The summed E-state index contributed by atoms with van der Waals surface area (Å²) in [6.45, 7) is 1.94. The lowest BCUT2D eigenvalue weighted by Crippen LogP contribution is -2.03. The molecule has 0 unspecified atom stereocenters. The van der Waals surface area contributed by atoms with Crippen molar-refractivity contribution in [3.8, 4) is 17.3 Å². The van der Waals surface area contributed by atoms with Crippen molar-refractivity contribution in [2.24, 2.45) is 7.05 Å². The smallest absolute Gasteiger partial charge is 0.181 e. The molecule has 0 spiro atoms. The first-order valence-corrected chi connectivity index (χ1v) is 5.94. The first-order valence-electron chi connectivity index (χ1n) is 5.94. The van der Waals surface area contributed by atoms with E-state index >= 15 is 0 Å². The summed E-state index contributed by atoms with van der Waals surface area (Å²) in [6.07, 6.45) is 7.07.